The molecule has 0 radical (unpaired) electrons. The van der Waals surface area contributed by atoms with Crippen LogP contribution in [0.3, 0.4) is 0 Å². The number of fused-ring (bicyclic) bond motifs is 1. The Morgan fingerprint density at radius 2 is 1.81 bits per heavy atom. The van der Waals surface area contributed by atoms with Gasteiger partial charge in [-0.1, -0.05) is 24.3 Å². The average Bonchev–Trinajstić information content (AvgIpc) is 2.85. The summed E-state index contributed by atoms with van der Waals surface area (Å²) < 4.78 is 7.42. The zero-order valence-electron chi connectivity index (χ0n) is 17.9. The molecule has 0 saturated carbocycles. The highest BCUT2D eigenvalue weighted by molar-refractivity contribution is 5.83. The van der Waals surface area contributed by atoms with E-state index in [0.717, 1.165) is 36.1 Å². The Bertz CT molecular complexity index is 1150. The second-order valence-corrected chi connectivity index (χ2v) is 8.44. The summed E-state index contributed by atoms with van der Waals surface area (Å²) >= 11 is 0. The summed E-state index contributed by atoms with van der Waals surface area (Å²) in [5, 5.41) is 4.57. The Morgan fingerprint density at radius 1 is 1.03 bits per heavy atom. The molecule has 2 aromatic heterocycles. The number of pyridine rings is 1. The van der Waals surface area contributed by atoms with Gasteiger partial charge in [0.1, 0.15) is 0 Å². The number of benzene rings is 1. The van der Waals surface area contributed by atoms with Gasteiger partial charge in [-0.25, -0.2) is 4.68 Å². The number of ether oxygens (including phenoxy) is 1. The molecular formula is C25H26N4O3. The van der Waals surface area contributed by atoms with Crippen molar-refractivity contribution in [1.82, 2.24) is 19.7 Å². The maximum atomic E-state index is 13.2. The van der Waals surface area contributed by atoms with Crippen LogP contribution in [0.5, 0.6) is 0 Å². The minimum absolute atomic E-state index is 0.0468. The molecule has 164 valence electrons. The second-order valence-electron chi connectivity index (χ2n) is 8.44. The molecule has 3 aromatic rings. The molecule has 5 rings (SSSR count). The molecule has 0 N–H and O–H groups in total. The van der Waals surface area contributed by atoms with E-state index in [-0.39, 0.29) is 11.5 Å². The van der Waals surface area contributed by atoms with Gasteiger partial charge in [0.2, 0.25) is 0 Å². The molecule has 0 bridgehead atoms. The third-order valence-electron chi connectivity index (χ3n) is 6.42. The Balaban J connectivity index is 1.23. The molecule has 1 aromatic carbocycles. The summed E-state index contributed by atoms with van der Waals surface area (Å²) in [6.07, 6.45) is 5.46. The zero-order chi connectivity index (χ0) is 21.9. The fourth-order valence-corrected chi connectivity index (χ4v) is 4.60. The first kappa shape index (κ1) is 20.6. The van der Waals surface area contributed by atoms with Crippen LogP contribution in [0.1, 0.15) is 30.1 Å². The highest BCUT2D eigenvalue weighted by Gasteiger charge is 2.33. The fraction of sp³-hybridized carbons (Fsp3) is 0.360. The van der Waals surface area contributed by atoms with Crippen LogP contribution < -0.4 is 5.56 Å². The van der Waals surface area contributed by atoms with E-state index in [4.69, 9.17) is 4.74 Å². The summed E-state index contributed by atoms with van der Waals surface area (Å²) in [5.74, 6) is 0.349. The zero-order valence-corrected chi connectivity index (χ0v) is 17.9. The molecule has 1 amide bonds. The normalized spacial score (nSPS) is 18.9. The van der Waals surface area contributed by atoms with Crippen molar-refractivity contribution in [2.45, 2.75) is 31.9 Å². The number of aromatic nitrogens is 3. The van der Waals surface area contributed by atoms with Gasteiger partial charge in [0.05, 0.1) is 12.3 Å². The second kappa shape index (κ2) is 9.04. The maximum Gasteiger partial charge on any atom is 0.266 e. The van der Waals surface area contributed by atoms with E-state index in [9.17, 15) is 9.59 Å². The molecular weight excluding hydrogens is 404 g/mol. The first-order valence-electron chi connectivity index (χ1n) is 11.2. The molecule has 0 spiro atoms. The molecule has 1 atom stereocenters. The number of hydrogen-bond donors (Lipinski definition) is 0. The Kier molecular flexibility index (Phi) is 5.81. The monoisotopic (exact) mass is 430 g/mol. The number of carbonyl (C=O) groups excluding carboxylic acids is 1. The van der Waals surface area contributed by atoms with Crippen LogP contribution >= 0.6 is 0 Å². The molecule has 32 heavy (non-hydrogen) atoms. The van der Waals surface area contributed by atoms with Gasteiger partial charge in [-0.3, -0.25) is 14.6 Å². The van der Waals surface area contributed by atoms with Gasteiger partial charge in [-0.15, -0.1) is 0 Å². The predicted molar refractivity (Wildman–Crippen MR) is 120 cm³/mol. The summed E-state index contributed by atoms with van der Waals surface area (Å²) in [5.41, 5.74) is 3.78. The van der Waals surface area contributed by atoms with Crippen LogP contribution in [0.4, 0.5) is 0 Å². The molecule has 1 saturated heterocycles. The van der Waals surface area contributed by atoms with Gasteiger partial charge in [0, 0.05) is 43.7 Å². The predicted octanol–water partition coefficient (Wildman–Crippen LogP) is 2.86. The quantitative estimate of drug-likeness (QED) is 0.636. The van der Waals surface area contributed by atoms with Crippen LogP contribution in [-0.2, 0) is 22.5 Å². The lowest BCUT2D eigenvalue weighted by Crippen LogP contribution is -2.43. The summed E-state index contributed by atoms with van der Waals surface area (Å²) in [7, 11) is 0. The number of hydrogen-bond acceptors (Lipinski definition) is 5. The van der Waals surface area contributed by atoms with E-state index < -0.39 is 6.10 Å². The molecule has 1 fully saturated rings. The van der Waals surface area contributed by atoms with Crippen molar-refractivity contribution >= 4 is 5.91 Å². The first-order valence-corrected chi connectivity index (χ1v) is 11.2. The van der Waals surface area contributed by atoms with Gasteiger partial charge in [-0.2, -0.15) is 5.10 Å². The highest BCUT2D eigenvalue weighted by atomic mass is 16.5. The van der Waals surface area contributed by atoms with E-state index >= 15 is 0 Å². The molecule has 1 unspecified atom stereocenters. The van der Waals surface area contributed by atoms with Gasteiger partial charge in [0.25, 0.3) is 11.5 Å². The van der Waals surface area contributed by atoms with E-state index in [1.807, 2.05) is 35.2 Å². The molecule has 2 aliphatic rings. The summed E-state index contributed by atoms with van der Waals surface area (Å²) in [6, 6.07) is 15.1. The average molecular weight is 431 g/mol. The molecule has 4 heterocycles. The topological polar surface area (TPSA) is 77.3 Å². The molecule has 7 nitrogen and oxygen atoms in total. The smallest absolute Gasteiger partial charge is 0.266 e. The van der Waals surface area contributed by atoms with E-state index in [0.29, 0.717) is 32.2 Å². The number of nitrogens with zero attached hydrogens (tertiary/aromatic N) is 4. The van der Waals surface area contributed by atoms with Crippen molar-refractivity contribution in [3.63, 3.8) is 0 Å². The largest absolute Gasteiger partial charge is 0.363 e. The lowest BCUT2D eigenvalue weighted by atomic mass is 9.94. The van der Waals surface area contributed by atoms with Gasteiger partial charge in [-0.05, 0) is 54.5 Å². The Hall–Kier alpha value is -3.32. The van der Waals surface area contributed by atoms with Gasteiger partial charge >= 0.3 is 0 Å². The standard InChI is InChI=1S/C25H26N4O3/c30-23-6-5-22(20-7-12-26-13-8-20)27-29(23)17-18-9-14-28(15-10-18)25(31)24-21-4-2-1-3-19(21)11-16-32-24/h1-8,12-13,18,24H,9-11,14-17H2. The summed E-state index contributed by atoms with van der Waals surface area (Å²) in [6.45, 7) is 2.48. The minimum atomic E-state index is -0.502. The molecule has 2 aliphatic heterocycles. The van der Waals surface area contributed by atoms with Crippen molar-refractivity contribution in [1.29, 1.82) is 0 Å². The SMILES string of the molecule is O=C(C1OCCc2ccccc21)N1CCC(Cn2nc(-c3ccncc3)ccc2=O)CC1. The van der Waals surface area contributed by atoms with Crippen molar-refractivity contribution in [2.24, 2.45) is 5.92 Å². The summed E-state index contributed by atoms with van der Waals surface area (Å²) in [4.78, 5) is 31.5. The van der Waals surface area contributed by atoms with Crippen LogP contribution in [0.25, 0.3) is 11.3 Å². The number of carbonyl (C=O) groups is 1. The lowest BCUT2D eigenvalue weighted by molar-refractivity contribution is -0.146. The van der Waals surface area contributed by atoms with Crippen LogP contribution in [0, 0.1) is 5.92 Å². The Morgan fingerprint density at radius 3 is 2.62 bits per heavy atom. The fourth-order valence-electron chi connectivity index (χ4n) is 4.60. The number of rotatable bonds is 4. The maximum absolute atomic E-state index is 13.2. The molecule has 7 heteroatoms. The minimum Gasteiger partial charge on any atom is -0.363 e. The molecule has 0 aliphatic carbocycles. The van der Waals surface area contributed by atoms with E-state index in [2.05, 4.69) is 16.1 Å². The third kappa shape index (κ3) is 4.21. The van der Waals surface area contributed by atoms with Crippen molar-refractivity contribution in [3.8, 4) is 11.3 Å². The van der Waals surface area contributed by atoms with Gasteiger partial charge < -0.3 is 9.64 Å². The Labute approximate surface area is 186 Å². The van der Waals surface area contributed by atoms with Crippen LogP contribution in [0.2, 0.25) is 0 Å². The number of likely N-dealkylation sites (tertiary alicyclic amines) is 1. The van der Waals surface area contributed by atoms with E-state index in [1.54, 1.807) is 29.2 Å². The van der Waals surface area contributed by atoms with Crippen LogP contribution in [0.15, 0.2) is 65.7 Å². The first-order chi connectivity index (χ1) is 15.7. The van der Waals surface area contributed by atoms with E-state index in [1.165, 1.54) is 5.56 Å². The van der Waals surface area contributed by atoms with Crippen molar-refractivity contribution < 1.29 is 9.53 Å². The third-order valence-corrected chi connectivity index (χ3v) is 6.42. The lowest BCUT2D eigenvalue weighted by Gasteiger charge is -2.35. The number of amides is 1. The number of piperidine rings is 1. The highest BCUT2D eigenvalue weighted by Crippen LogP contribution is 2.30. The van der Waals surface area contributed by atoms with Gasteiger partial charge in [0.15, 0.2) is 6.10 Å². The van der Waals surface area contributed by atoms with Crippen LogP contribution in [-0.4, -0.2) is 45.3 Å². The van der Waals surface area contributed by atoms with Crippen molar-refractivity contribution in [3.05, 3.63) is 82.4 Å². The van der Waals surface area contributed by atoms with Crippen molar-refractivity contribution in [2.75, 3.05) is 19.7 Å².